The summed E-state index contributed by atoms with van der Waals surface area (Å²) >= 11 is 3.37. The van der Waals surface area contributed by atoms with Gasteiger partial charge >= 0.3 is 0 Å². The Hall–Kier alpha value is -1.36. The lowest BCUT2D eigenvalue weighted by Crippen LogP contribution is -2.46. The molecule has 0 aliphatic rings. The van der Waals surface area contributed by atoms with E-state index in [0.717, 1.165) is 10.0 Å². The van der Waals surface area contributed by atoms with E-state index >= 15 is 0 Å². The number of rotatable bonds is 5. The molecule has 20 heavy (non-hydrogen) atoms. The van der Waals surface area contributed by atoms with Gasteiger partial charge in [0.15, 0.2) is 0 Å². The van der Waals surface area contributed by atoms with Crippen LogP contribution in [0.2, 0.25) is 0 Å². The van der Waals surface area contributed by atoms with Gasteiger partial charge in [-0.1, -0.05) is 29.8 Å². The van der Waals surface area contributed by atoms with E-state index in [2.05, 4.69) is 26.6 Å². The van der Waals surface area contributed by atoms with Gasteiger partial charge in [0.2, 0.25) is 5.91 Å². The van der Waals surface area contributed by atoms with Gasteiger partial charge in [0.25, 0.3) is 5.91 Å². The van der Waals surface area contributed by atoms with E-state index in [1.165, 1.54) is 0 Å². The van der Waals surface area contributed by atoms with Crippen molar-refractivity contribution < 1.29 is 9.59 Å². The maximum absolute atomic E-state index is 12.2. The van der Waals surface area contributed by atoms with Gasteiger partial charge in [-0.25, -0.2) is 0 Å². The maximum atomic E-state index is 12.2. The van der Waals surface area contributed by atoms with Crippen molar-refractivity contribution in [3.05, 3.63) is 33.8 Å². The molecule has 1 atom stereocenters. The lowest BCUT2D eigenvalue weighted by Gasteiger charge is -2.19. The molecule has 0 aromatic heterocycles. The van der Waals surface area contributed by atoms with E-state index in [0.29, 0.717) is 17.9 Å². The van der Waals surface area contributed by atoms with E-state index in [9.17, 15) is 9.59 Å². The molecule has 0 radical (unpaired) electrons. The molecule has 110 valence electrons. The molecule has 0 aliphatic carbocycles. The second kappa shape index (κ2) is 7.43. The van der Waals surface area contributed by atoms with E-state index in [1.807, 2.05) is 26.8 Å². The molecule has 1 aromatic carbocycles. The van der Waals surface area contributed by atoms with Crippen LogP contribution in [-0.2, 0) is 4.79 Å². The quantitative estimate of drug-likeness (QED) is 0.865. The summed E-state index contributed by atoms with van der Waals surface area (Å²) in [6.45, 7) is 5.96. The van der Waals surface area contributed by atoms with Crippen LogP contribution >= 0.6 is 15.9 Å². The standard InChI is InChI=1S/C15H21BrN2O2/c1-9(2)5-13(15(20)17-4)18-14(19)11-6-10(3)7-12(16)8-11/h6-9,13H,5H2,1-4H3,(H,17,20)(H,18,19). The van der Waals surface area contributed by atoms with Crippen molar-refractivity contribution in [3.8, 4) is 0 Å². The Morgan fingerprint density at radius 2 is 1.90 bits per heavy atom. The highest BCUT2D eigenvalue weighted by molar-refractivity contribution is 9.10. The first-order valence-electron chi connectivity index (χ1n) is 6.63. The van der Waals surface area contributed by atoms with Gasteiger partial charge < -0.3 is 10.6 Å². The number of aryl methyl sites for hydroxylation is 1. The van der Waals surface area contributed by atoms with Crippen LogP contribution in [-0.4, -0.2) is 24.9 Å². The number of hydrogen-bond acceptors (Lipinski definition) is 2. The molecule has 0 saturated carbocycles. The molecule has 1 unspecified atom stereocenters. The van der Waals surface area contributed by atoms with E-state index in [-0.39, 0.29) is 11.8 Å². The molecule has 5 heteroatoms. The van der Waals surface area contributed by atoms with E-state index in [4.69, 9.17) is 0 Å². The van der Waals surface area contributed by atoms with Gasteiger partial charge in [-0.2, -0.15) is 0 Å². The average molecular weight is 341 g/mol. The first-order valence-corrected chi connectivity index (χ1v) is 7.42. The molecule has 1 rings (SSSR count). The summed E-state index contributed by atoms with van der Waals surface area (Å²) in [5, 5.41) is 5.39. The predicted octanol–water partition coefficient (Wildman–Crippen LogP) is 2.65. The molecule has 0 spiro atoms. The molecular weight excluding hydrogens is 320 g/mol. The number of benzene rings is 1. The van der Waals surface area contributed by atoms with Gasteiger partial charge in [0, 0.05) is 17.1 Å². The summed E-state index contributed by atoms with van der Waals surface area (Å²) in [7, 11) is 1.57. The normalized spacial score (nSPS) is 12.1. The van der Waals surface area contributed by atoms with Crippen molar-refractivity contribution in [3.63, 3.8) is 0 Å². The highest BCUT2D eigenvalue weighted by Crippen LogP contribution is 2.16. The first kappa shape index (κ1) is 16.7. The van der Waals surface area contributed by atoms with Gasteiger partial charge in [-0.05, 0) is 43.0 Å². The van der Waals surface area contributed by atoms with Crippen LogP contribution < -0.4 is 10.6 Å². The Bertz CT molecular complexity index is 480. The molecule has 0 fully saturated rings. The largest absolute Gasteiger partial charge is 0.357 e. The van der Waals surface area contributed by atoms with Crippen molar-refractivity contribution in [2.24, 2.45) is 5.92 Å². The number of halogens is 1. The third-order valence-electron chi connectivity index (χ3n) is 2.88. The average Bonchev–Trinajstić information content (AvgIpc) is 2.35. The number of carbonyl (C=O) groups excluding carboxylic acids is 2. The van der Waals surface area contributed by atoms with Gasteiger partial charge in [-0.15, -0.1) is 0 Å². The fourth-order valence-electron chi connectivity index (χ4n) is 1.99. The summed E-state index contributed by atoms with van der Waals surface area (Å²) in [6, 6.07) is 4.97. The zero-order valence-corrected chi connectivity index (χ0v) is 13.9. The SMILES string of the molecule is CNC(=O)C(CC(C)C)NC(=O)c1cc(C)cc(Br)c1. The lowest BCUT2D eigenvalue weighted by atomic mass is 10.0. The lowest BCUT2D eigenvalue weighted by molar-refractivity contribution is -0.122. The summed E-state index contributed by atoms with van der Waals surface area (Å²) < 4.78 is 0.850. The minimum Gasteiger partial charge on any atom is -0.357 e. The zero-order chi connectivity index (χ0) is 15.3. The van der Waals surface area contributed by atoms with E-state index in [1.54, 1.807) is 19.2 Å². The van der Waals surface area contributed by atoms with Crippen LogP contribution in [0.4, 0.5) is 0 Å². The summed E-state index contributed by atoms with van der Waals surface area (Å²) in [5.74, 6) is -0.0794. The predicted molar refractivity (Wildman–Crippen MR) is 83.7 cm³/mol. The summed E-state index contributed by atoms with van der Waals surface area (Å²) in [4.78, 5) is 24.1. The highest BCUT2D eigenvalue weighted by Gasteiger charge is 2.21. The molecule has 2 N–H and O–H groups in total. The van der Waals surface area contributed by atoms with Crippen molar-refractivity contribution in [2.45, 2.75) is 33.2 Å². The third-order valence-corrected chi connectivity index (χ3v) is 3.34. The van der Waals surface area contributed by atoms with Crippen LogP contribution in [0.25, 0.3) is 0 Å². The molecule has 0 saturated heterocycles. The van der Waals surface area contributed by atoms with Crippen LogP contribution in [0.1, 0.15) is 36.2 Å². The van der Waals surface area contributed by atoms with Crippen LogP contribution in [0.15, 0.2) is 22.7 Å². The Labute approximate surface area is 128 Å². The van der Waals surface area contributed by atoms with Gasteiger partial charge in [0.05, 0.1) is 0 Å². The fraction of sp³-hybridized carbons (Fsp3) is 0.467. The number of amides is 2. The van der Waals surface area contributed by atoms with Crippen LogP contribution in [0.3, 0.4) is 0 Å². The van der Waals surface area contributed by atoms with Crippen molar-refractivity contribution in [2.75, 3.05) is 7.05 Å². The van der Waals surface area contributed by atoms with Gasteiger partial charge in [-0.3, -0.25) is 9.59 Å². The maximum Gasteiger partial charge on any atom is 0.251 e. The third kappa shape index (κ3) is 4.96. The highest BCUT2D eigenvalue weighted by atomic mass is 79.9. The summed E-state index contributed by atoms with van der Waals surface area (Å²) in [6.07, 6.45) is 0.610. The smallest absolute Gasteiger partial charge is 0.251 e. The first-order chi connectivity index (χ1) is 9.33. The van der Waals surface area contributed by atoms with Crippen LogP contribution in [0.5, 0.6) is 0 Å². The Morgan fingerprint density at radius 3 is 2.40 bits per heavy atom. The number of hydrogen-bond donors (Lipinski definition) is 2. The molecule has 0 aliphatic heterocycles. The molecule has 0 heterocycles. The number of likely N-dealkylation sites (N-methyl/N-ethyl adjacent to an activating group) is 1. The van der Waals surface area contributed by atoms with Crippen molar-refractivity contribution in [1.82, 2.24) is 10.6 Å². The number of carbonyl (C=O) groups is 2. The van der Waals surface area contributed by atoms with Crippen molar-refractivity contribution >= 4 is 27.7 Å². The monoisotopic (exact) mass is 340 g/mol. The Kier molecular flexibility index (Phi) is 6.20. The zero-order valence-electron chi connectivity index (χ0n) is 12.3. The Morgan fingerprint density at radius 1 is 1.25 bits per heavy atom. The molecule has 1 aromatic rings. The molecule has 0 bridgehead atoms. The van der Waals surface area contributed by atoms with E-state index < -0.39 is 6.04 Å². The minimum atomic E-state index is -0.508. The van der Waals surface area contributed by atoms with Gasteiger partial charge in [0.1, 0.15) is 6.04 Å². The number of nitrogens with one attached hydrogen (secondary N) is 2. The van der Waals surface area contributed by atoms with Crippen molar-refractivity contribution in [1.29, 1.82) is 0 Å². The Balaban J connectivity index is 2.87. The summed E-state index contributed by atoms with van der Waals surface area (Å²) in [5.41, 5.74) is 1.54. The minimum absolute atomic E-state index is 0.168. The molecule has 2 amide bonds. The topological polar surface area (TPSA) is 58.2 Å². The molecule has 4 nitrogen and oxygen atoms in total. The fourth-order valence-corrected chi connectivity index (χ4v) is 2.59. The second-order valence-corrected chi connectivity index (χ2v) is 6.20. The van der Waals surface area contributed by atoms with Crippen LogP contribution in [0, 0.1) is 12.8 Å². The second-order valence-electron chi connectivity index (χ2n) is 5.29. The molecular formula is C15H21BrN2O2.